The van der Waals surface area contributed by atoms with E-state index in [9.17, 15) is 19.2 Å². The van der Waals surface area contributed by atoms with Crippen molar-refractivity contribution in [1.82, 2.24) is 24.0 Å². The minimum atomic E-state index is -0.882. The number of imidazole rings is 1. The van der Waals surface area contributed by atoms with Crippen molar-refractivity contribution in [2.75, 3.05) is 6.61 Å². The summed E-state index contributed by atoms with van der Waals surface area (Å²) in [4.78, 5) is 53.8. The normalized spacial score (nSPS) is 12.2. The third kappa shape index (κ3) is 4.45. The Hall–Kier alpha value is -3.40. The van der Waals surface area contributed by atoms with Gasteiger partial charge in [-0.3, -0.25) is 18.7 Å². The summed E-state index contributed by atoms with van der Waals surface area (Å²) < 4.78 is 9.16. The lowest BCUT2D eigenvalue weighted by molar-refractivity contribution is -0.147. The molecule has 2 heterocycles. The van der Waals surface area contributed by atoms with E-state index in [0.29, 0.717) is 0 Å². The maximum Gasteiger partial charge on any atom is 0.332 e. The molecule has 3 rings (SSSR count). The van der Waals surface area contributed by atoms with Gasteiger partial charge < -0.3 is 14.6 Å². The molecule has 1 atom stereocenters. The molecule has 3 aromatic rings. The molecule has 0 saturated carbocycles. The Balaban J connectivity index is 1.70. The molecule has 0 fully saturated rings. The zero-order valence-corrected chi connectivity index (χ0v) is 18.9. The largest absolute Gasteiger partial charge is 0.462 e. The SMILES string of the molecule is CC(C)[C@H](NC(=O)c1ccccc1Cl)C(=O)OCCn1cnc2c1c(=O)n(C)c(=O)n2C. The Morgan fingerprint density at radius 2 is 1.84 bits per heavy atom. The first kappa shape index (κ1) is 23.3. The van der Waals surface area contributed by atoms with Crippen LogP contribution in [-0.4, -0.2) is 43.2 Å². The van der Waals surface area contributed by atoms with Crippen LogP contribution in [0.4, 0.5) is 0 Å². The third-order valence-corrected chi connectivity index (χ3v) is 5.45. The average Bonchev–Trinajstić information content (AvgIpc) is 3.18. The topological polar surface area (TPSA) is 117 Å². The number of aryl methyl sites for hydroxylation is 1. The van der Waals surface area contributed by atoms with E-state index < -0.39 is 29.2 Å². The highest BCUT2D eigenvalue weighted by Crippen LogP contribution is 2.16. The Kier molecular flexibility index (Phi) is 6.83. The van der Waals surface area contributed by atoms with E-state index in [2.05, 4.69) is 10.3 Å². The van der Waals surface area contributed by atoms with Crippen LogP contribution in [0.5, 0.6) is 0 Å². The summed E-state index contributed by atoms with van der Waals surface area (Å²) in [6.07, 6.45) is 1.42. The molecule has 10 nitrogen and oxygen atoms in total. The summed E-state index contributed by atoms with van der Waals surface area (Å²) in [5.74, 6) is -1.31. The molecule has 11 heteroatoms. The van der Waals surface area contributed by atoms with E-state index in [1.54, 1.807) is 38.1 Å². The zero-order valence-electron chi connectivity index (χ0n) is 18.2. The van der Waals surface area contributed by atoms with Gasteiger partial charge in [0, 0.05) is 14.1 Å². The van der Waals surface area contributed by atoms with Crippen LogP contribution < -0.4 is 16.6 Å². The molecular weight excluding hydrogens is 438 g/mol. The fourth-order valence-electron chi connectivity index (χ4n) is 3.26. The van der Waals surface area contributed by atoms with Crippen molar-refractivity contribution in [1.29, 1.82) is 0 Å². The van der Waals surface area contributed by atoms with Crippen LogP contribution in [0, 0.1) is 5.92 Å². The van der Waals surface area contributed by atoms with Crippen molar-refractivity contribution in [2.24, 2.45) is 20.0 Å². The minimum absolute atomic E-state index is 0.0541. The maximum atomic E-state index is 12.6. The number of hydrogen-bond acceptors (Lipinski definition) is 6. The van der Waals surface area contributed by atoms with E-state index in [1.165, 1.54) is 29.6 Å². The van der Waals surface area contributed by atoms with Gasteiger partial charge in [0.1, 0.15) is 12.6 Å². The Morgan fingerprint density at radius 1 is 1.16 bits per heavy atom. The number of carbonyl (C=O) groups excluding carboxylic acids is 2. The molecule has 0 aliphatic carbocycles. The Labute approximate surface area is 188 Å². The summed E-state index contributed by atoms with van der Waals surface area (Å²) in [5.41, 5.74) is -0.222. The predicted molar refractivity (Wildman–Crippen MR) is 119 cm³/mol. The first-order valence-corrected chi connectivity index (χ1v) is 10.3. The molecule has 170 valence electrons. The number of amides is 1. The number of esters is 1. The van der Waals surface area contributed by atoms with Crippen LogP contribution >= 0.6 is 11.6 Å². The Morgan fingerprint density at radius 3 is 2.50 bits per heavy atom. The van der Waals surface area contributed by atoms with E-state index in [1.807, 2.05) is 0 Å². The molecule has 0 aliphatic heterocycles. The third-order valence-electron chi connectivity index (χ3n) is 5.12. The smallest absolute Gasteiger partial charge is 0.332 e. The number of nitrogens with zero attached hydrogens (tertiary/aromatic N) is 4. The summed E-state index contributed by atoms with van der Waals surface area (Å²) in [6, 6.07) is 5.66. The molecule has 0 spiro atoms. The molecular formula is C21H24ClN5O5. The summed E-state index contributed by atoms with van der Waals surface area (Å²) in [7, 11) is 2.91. The molecule has 1 amide bonds. The van der Waals surface area contributed by atoms with Crippen LogP contribution in [0.3, 0.4) is 0 Å². The van der Waals surface area contributed by atoms with E-state index in [0.717, 1.165) is 4.57 Å². The van der Waals surface area contributed by atoms with Gasteiger partial charge in [-0.15, -0.1) is 0 Å². The highest BCUT2D eigenvalue weighted by molar-refractivity contribution is 6.33. The quantitative estimate of drug-likeness (QED) is 0.526. The Bertz CT molecular complexity index is 1290. The molecule has 2 aromatic heterocycles. The summed E-state index contributed by atoms with van der Waals surface area (Å²) in [6.45, 7) is 3.67. The lowest BCUT2D eigenvalue weighted by Crippen LogP contribution is -2.45. The van der Waals surface area contributed by atoms with Gasteiger partial charge in [-0.2, -0.15) is 0 Å². The second kappa shape index (κ2) is 9.39. The fourth-order valence-corrected chi connectivity index (χ4v) is 3.48. The summed E-state index contributed by atoms with van der Waals surface area (Å²) >= 11 is 6.06. The lowest BCUT2D eigenvalue weighted by atomic mass is 10.0. The van der Waals surface area contributed by atoms with E-state index in [-0.39, 0.29) is 40.8 Å². The molecule has 0 radical (unpaired) electrons. The van der Waals surface area contributed by atoms with Gasteiger partial charge in [0.15, 0.2) is 11.2 Å². The number of rotatable bonds is 7. The van der Waals surface area contributed by atoms with Gasteiger partial charge in [0.2, 0.25) is 0 Å². The van der Waals surface area contributed by atoms with Crippen LogP contribution in [0.2, 0.25) is 5.02 Å². The van der Waals surface area contributed by atoms with Gasteiger partial charge in [-0.1, -0.05) is 37.6 Å². The number of nitrogens with one attached hydrogen (secondary N) is 1. The number of halogens is 1. The van der Waals surface area contributed by atoms with Crippen LogP contribution in [-0.2, 0) is 30.2 Å². The van der Waals surface area contributed by atoms with E-state index in [4.69, 9.17) is 16.3 Å². The number of ether oxygens (including phenoxy) is 1. The summed E-state index contributed by atoms with van der Waals surface area (Å²) in [5, 5.41) is 2.95. The number of fused-ring (bicyclic) bond motifs is 1. The first-order chi connectivity index (χ1) is 15.1. The second-order valence-electron chi connectivity index (χ2n) is 7.66. The van der Waals surface area contributed by atoms with Gasteiger partial charge in [0.25, 0.3) is 11.5 Å². The van der Waals surface area contributed by atoms with Crippen molar-refractivity contribution in [3.05, 3.63) is 62.0 Å². The lowest BCUT2D eigenvalue weighted by Gasteiger charge is -2.21. The van der Waals surface area contributed by atoms with Gasteiger partial charge in [0.05, 0.1) is 23.5 Å². The minimum Gasteiger partial charge on any atom is -0.462 e. The van der Waals surface area contributed by atoms with Crippen LogP contribution in [0.15, 0.2) is 40.2 Å². The van der Waals surface area contributed by atoms with Gasteiger partial charge in [-0.25, -0.2) is 14.6 Å². The van der Waals surface area contributed by atoms with Gasteiger partial charge in [-0.05, 0) is 18.1 Å². The highest BCUT2D eigenvalue weighted by Gasteiger charge is 2.27. The zero-order chi connectivity index (χ0) is 23.6. The van der Waals surface area contributed by atoms with Crippen molar-refractivity contribution in [3.8, 4) is 0 Å². The molecule has 32 heavy (non-hydrogen) atoms. The van der Waals surface area contributed by atoms with Crippen molar-refractivity contribution in [2.45, 2.75) is 26.4 Å². The standard InChI is InChI=1S/C21H24ClN5O5/c1-12(2)15(24-18(28)13-7-5-6-8-14(13)22)20(30)32-10-9-27-11-23-17-16(27)19(29)26(4)21(31)25(17)3/h5-8,11-12,15H,9-10H2,1-4H3,(H,24,28)/t15-/m0/s1. The van der Waals surface area contributed by atoms with Crippen molar-refractivity contribution in [3.63, 3.8) is 0 Å². The maximum absolute atomic E-state index is 12.6. The molecule has 1 aromatic carbocycles. The average molecular weight is 462 g/mol. The van der Waals surface area contributed by atoms with E-state index >= 15 is 0 Å². The van der Waals surface area contributed by atoms with Crippen molar-refractivity contribution < 1.29 is 14.3 Å². The molecule has 0 unspecified atom stereocenters. The number of aromatic nitrogens is 4. The van der Waals surface area contributed by atoms with Gasteiger partial charge >= 0.3 is 11.7 Å². The highest BCUT2D eigenvalue weighted by atomic mass is 35.5. The van der Waals surface area contributed by atoms with Crippen LogP contribution in [0.1, 0.15) is 24.2 Å². The molecule has 0 saturated heterocycles. The van der Waals surface area contributed by atoms with Crippen molar-refractivity contribution >= 4 is 34.6 Å². The molecule has 1 N–H and O–H groups in total. The fraction of sp³-hybridized carbons (Fsp3) is 0.381. The number of carbonyl (C=O) groups is 2. The monoisotopic (exact) mass is 461 g/mol. The number of hydrogen-bond donors (Lipinski definition) is 1. The predicted octanol–water partition coefficient (Wildman–Crippen LogP) is 1.08. The first-order valence-electron chi connectivity index (χ1n) is 9.96. The second-order valence-corrected chi connectivity index (χ2v) is 8.07. The molecule has 0 bridgehead atoms. The van der Waals surface area contributed by atoms with Crippen LogP contribution in [0.25, 0.3) is 11.2 Å². The molecule has 0 aliphatic rings. The number of benzene rings is 1.